The standard InChI is InChI=1S/C21H14ClFN6O3/c22-17-8-5-14(10-18(17)29(31)32)20(30)28-21(25-11-13-3-6-16(23)7-4-13)26-19(27-28)15-2-1-9-24-12-15/h1-10,12H,11H2,(H,25,26,27). The molecule has 4 aromatic rings. The van der Waals surface area contributed by atoms with Gasteiger partial charge in [-0.05, 0) is 42.0 Å². The van der Waals surface area contributed by atoms with Crippen molar-refractivity contribution in [2.45, 2.75) is 6.54 Å². The van der Waals surface area contributed by atoms with Crippen LogP contribution in [0.4, 0.5) is 16.0 Å². The SMILES string of the molecule is O=C(c1ccc(Cl)c([N+](=O)[O-])c1)n1nc(-c2cccnc2)nc1NCc1ccc(F)cc1. The number of anilines is 1. The van der Waals surface area contributed by atoms with Crippen molar-refractivity contribution >= 4 is 29.1 Å². The molecule has 0 radical (unpaired) electrons. The molecule has 0 saturated heterocycles. The Morgan fingerprint density at radius 2 is 1.97 bits per heavy atom. The Balaban J connectivity index is 1.71. The van der Waals surface area contributed by atoms with E-state index < -0.39 is 16.5 Å². The van der Waals surface area contributed by atoms with Gasteiger partial charge in [0.25, 0.3) is 11.6 Å². The van der Waals surface area contributed by atoms with Crippen molar-refractivity contribution < 1.29 is 14.1 Å². The fourth-order valence-electron chi connectivity index (χ4n) is 2.88. The molecule has 0 saturated carbocycles. The van der Waals surface area contributed by atoms with Crippen LogP contribution >= 0.6 is 11.6 Å². The van der Waals surface area contributed by atoms with Gasteiger partial charge >= 0.3 is 0 Å². The lowest BCUT2D eigenvalue weighted by Crippen LogP contribution is -2.17. The van der Waals surface area contributed by atoms with E-state index in [4.69, 9.17) is 11.6 Å². The summed E-state index contributed by atoms with van der Waals surface area (Å²) in [5.41, 5.74) is 0.934. The number of nitro benzene ring substituents is 1. The fraction of sp³-hybridized carbons (Fsp3) is 0.0476. The Kier molecular flexibility index (Phi) is 5.86. The van der Waals surface area contributed by atoms with Gasteiger partial charge in [-0.1, -0.05) is 23.7 Å². The number of aromatic nitrogens is 4. The zero-order chi connectivity index (χ0) is 22.7. The summed E-state index contributed by atoms with van der Waals surface area (Å²) in [7, 11) is 0. The van der Waals surface area contributed by atoms with Gasteiger partial charge in [0.05, 0.1) is 4.92 Å². The predicted octanol–water partition coefficient (Wildman–Crippen LogP) is 4.34. The minimum absolute atomic E-state index is 0.00793. The van der Waals surface area contributed by atoms with Gasteiger partial charge in [-0.15, -0.1) is 5.10 Å². The van der Waals surface area contributed by atoms with E-state index >= 15 is 0 Å². The maximum atomic E-state index is 13.2. The molecule has 4 rings (SSSR count). The predicted molar refractivity (Wildman–Crippen MR) is 115 cm³/mol. The normalized spacial score (nSPS) is 10.7. The third-order valence-electron chi connectivity index (χ3n) is 4.47. The molecule has 32 heavy (non-hydrogen) atoms. The number of nitrogens with one attached hydrogen (secondary N) is 1. The number of halogens is 2. The number of hydrogen-bond donors (Lipinski definition) is 1. The Morgan fingerprint density at radius 3 is 2.66 bits per heavy atom. The second kappa shape index (κ2) is 8.90. The van der Waals surface area contributed by atoms with Crippen LogP contribution in [0, 0.1) is 15.9 Å². The maximum Gasteiger partial charge on any atom is 0.288 e. The summed E-state index contributed by atoms with van der Waals surface area (Å²) in [6.07, 6.45) is 3.13. The van der Waals surface area contributed by atoms with E-state index in [9.17, 15) is 19.3 Å². The van der Waals surface area contributed by atoms with E-state index in [2.05, 4.69) is 20.4 Å². The lowest BCUT2D eigenvalue weighted by Gasteiger charge is -2.08. The molecule has 160 valence electrons. The van der Waals surface area contributed by atoms with Crippen molar-refractivity contribution in [1.29, 1.82) is 0 Å². The highest BCUT2D eigenvalue weighted by atomic mass is 35.5. The number of carbonyl (C=O) groups excluding carboxylic acids is 1. The highest BCUT2D eigenvalue weighted by molar-refractivity contribution is 6.32. The fourth-order valence-corrected chi connectivity index (χ4v) is 3.06. The smallest absolute Gasteiger partial charge is 0.288 e. The molecular weight excluding hydrogens is 439 g/mol. The number of rotatable bonds is 6. The third kappa shape index (κ3) is 4.44. The van der Waals surface area contributed by atoms with Crippen LogP contribution in [0.1, 0.15) is 15.9 Å². The van der Waals surface area contributed by atoms with Crippen molar-refractivity contribution in [2.24, 2.45) is 0 Å². The monoisotopic (exact) mass is 452 g/mol. The molecule has 0 aliphatic heterocycles. The molecule has 0 atom stereocenters. The summed E-state index contributed by atoms with van der Waals surface area (Å²) in [6, 6.07) is 13.0. The van der Waals surface area contributed by atoms with Crippen LogP contribution in [0.5, 0.6) is 0 Å². The zero-order valence-corrected chi connectivity index (χ0v) is 17.0. The Morgan fingerprint density at radius 1 is 1.19 bits per heavy atom. The molecule has 0 spiro atoms. The highest BCUT2D eigenvalue weighted by Gasteiger charge is 2.22. The second-order valence-electron chi connectivity index (χ2n) is 6.62. The van der Waals surface area contributed by atoms with E-state index in [1.54, 1.807) is 36.7 Å². The molecule has 0 bridgehead atoms. The lowest BCUT2D eigenvalue weighted by molar-refractivity contribution is -0.384. The molecule has 0 unspecified atom stereocenters. The minimum Gasteiger partial charge on any atom is -0.350 e. The number of nitro groups is 1. The molecule has 0 amide bonds. The van der Waals surface area contributed by atoms with Gasteiger partial charge < -0.3 is 5.32 Å². The first-order valence-electron chi connectivity index (χ1n) is 9.27. The van der Waals surface area contributed by atoms with Crippen LogP contribution in [-0.2, 0) is 6.54 Å². The van der Waals surface area contributed by atoms with Crippen LogP contribution in [0.15, 0.2) is 67.0 Å². The summed E-state index contributed by atoms with van der Waals surface area (Å²) in [6.45, 7) is 0.236. The highest BCUT2D eigenvalue weighted by Crippen LogP contribution is 2.26. The number of benzene rings is 2. The number of pyridine rings is 1. The summed E-state index contributed by atoms with van der Waals surface area (Å²) in [4.78, 5) is 32.1. The van der Waals surface area contributed by atoms with Crippen LogP contribution in [0.3, 0.4) is 0 Å². The average Bonchev–Trinajstić information content (AvgIpc) is 3.23. The van der Waals surface area contributed by atoms with Crippen molar-refractivity contribution in [3.8, 4) is 11.4 Å². The number of carbonyl (C=O) groups is 1. The quantitative estimate of drug-likeness (QED) is 0.341. The summed E-state index contributed by atoms with van der Waals surface area (Å²) in [5, 5.41) is 18.4. The van der Waals surface area contributed by atoms with E-state index in [-0.39, 0.29) is 34.7 Å². The zero-order valence-electron chi connectivity index (χ0n) is 16.3. The van der Waals surface area contributed by atoms with Crippen molar-refractivity contribution in [3.05, 3.63) is 99.1 Å². The van der Waals surface area contributed by atoms with E-state index in [0.29, 0.717) is 5.56 Å². The topological polar surface area (TPSA) is 116 Å². The van der Waals surface area contributed by atoms with Crippen LogP contribution in [0.2, 0.25) is 5.02 Å². The molecule has 11 heteroatoms. The first-order chi connectivity index (χ1) is 15.4. The van der Waals surface area contributed by atoms with Crippen LogP contribution in [0.25, 0.3) is 11.4 Å². The number of nitrogens with zero attached hydrogens (tertiary/aromatic N) is 5. The average molecular weight is 453 g/mol. The van der Waals surface area contributed by atoms with Gasteiger partial charge in [-0.25, -0.2) is 4.39 Å². The van der Waals surface area contributed by atoms with Gasteiger partial charge in [0.1, 0.15) is 10.8 Å². The van der Waals surface area contributed by atoms with E-state index in [0.717, 1.165) is 16.3 Å². The number of hydrogen-bond acceptors (Lipinski definition) is 7. The maximum absolute atomic E-state index is 13.2. The summed E-state index contributed by atoms with van der Waals surface area (Å²) < 4.78 is 14.2. The Labute approximate surface area is 185 Å². The molecule has 9 nitrogen and oxygen atoms in total. The molecule has 1 N–H and O–H groups in total. The van der Waals surface area contributed by atoms with Crippen molar-refractivity contribution in [1.82, 2.24) is 19.7 Å². The van der Waals surface area contributed by atoms with E-state index in [1.165, 1.54) is 24.3 Å². The van der Waals surface area contributed by atoms with Gasteiger partial charge in [-0.3, -0.25) is 19.9 Å². The summed E-state index contributed by atoms with van der Waals surface area (Å²) >= 11 is 5.85. The van der Waals surface area contributed by atoms with Crippen molar-refractivity contribution in [2.75, 3.05) is 5.32 Å². The van der Waals surface area contributed by atoms with Gasteiger partial charge in [0.15, 0.2) is 5.82 Å². The second-order valence-corrected chi connectivity index (χ2v) is 7.03. The van der Waals surface area contributed by atoms with Crippen LogP contribution < -0.4 is 5.32 Å². The Hall–Kier alpha value is -4.18. The Bertz CT molecular complexity index is 1290. The molecule has 2 aromatic heterocycles. The molecule has 0 aliphatic rings. The third-order valence-corrected chi connectivity index (χ3v) is 4.79. The molecule has 0 aliphatic carbocycles. The van der Waals surface area contributed by atoms with Gasteiger partial charge in [0.2, 0.25) is 5.95 Å². The minimum atomic E-state index is -0.671. The van der Waals surface area contributed by atoms with Crippen LogP contribution in [-0.4, -0.2) is 30.6 Å². The largest absolute Gasteiger partial charge is 0.350 e. The molecule has 0 fully saturated rings. The van der Waals surface area contributed by atoms with Gasteiger partial charge in [-0.2, -0.15) is 9.67 Å². The first kappa shape index (κ1) is 21.1. The van der Waals surface area contributed by atoms with Gasteiger partial charge in [0, 0.05) is 36.1 Å². The summed E-state index contributed by atoms with van der Waals surface area (Å²) in [5.74, 6) is -0.670. The molecular formula is C21H14ClFN6O3. The molecule has 2 heterocycles. The van der Waals surface area contributed by atoms with E-state index in [1.807, 2.05) is 0 Å². The molecule has 2 aromatic carbocycles. The first-order valence-corrected chi connectivity index (χ1v) is 9.64. The lowest BCUT2D eigenvalue weighted by atomic mass is 10.2. The van der Waals surface area contributed by atoms with Crippen molar-refractivity contribution in [3.63, 3.8) is 0 Å².